The Balaban J connectivity index is 1.29. The van der Waals surface area contributed by atoms with Gasteiger partial charge in [-0.15, -0.1) is 0 Å². The number of aromatic nitrogens is 2. The molecule has 4 heteroatoms. The van der Waals surface area contributed by atoms with Crippen LogP contribution in [0.5, 0.6) is 0 Å². The van der Waals surface area contributed by atoms with Crippen LogP contribution in [0.4, 0.5) is 0 Å². The summed E-state index contributed by atoms with van der Waals surface area (Å²) in [5, 5.41) is 13.9. The average molecular weight is 655 g/mol. The van der Waals surface area contributed by atoms with Crippen molar-refractivity contribution < 1.29 is 0 Å². The van der Waals surface area contributed by atoms with Crippen LogP contribution in [-0.2, 0) is 0 Å². The van der Waals surface area contributed by atoms with Crippen LogP contribution < -0.4 is 5.32 Å². The van der Waals surface area contributed by atoms with E-state index in [1.165, 1.54) is 65.2 Å². The molecular formula is C47H34N4. The molecule has 0 saturated heterocycles. The quantitative estimate of drug-likeness (QED) is 0.202. The minimum absolute atomic E-state index is 0.00117. The number of fused-ring (bicyclic) bond motifs is 10. The molecule has 2 aromatic heterocycles. The maximum atomic E-state index is 5.41. The van der Waals surface area contributed by atoms with Gasteiger partial charge in [-0.1, -0.05) is 128 Å². The van der Waals surface area contributed by atoms with Crippen molar-refractivity contribution in [3.63, 3.8) is 0 Å². The molecule has 51 heavy (non-hydrogen) atoms. The minimum Gasteiger partial charge on any atom is -0.357 e. The van der Waals surface area contributed by atoms with E-state index in [1.807, 2.05) is 0 Å². The van der Waals surface area contributed by atoms with E-state index in [0.29, 0.717) is 5.92 Å². The van der Waals surface area contributed by atoms with Crippen molar-refractivity contribution in [2.24, 2.45) is 10.9 Å². The second kappa shape index (κ2) is 10.8. The summed E-state index contributed by atoms with van der Waals surface area (Å²) in [4.78, 5) is 5.41. The van der Waals surface area contributed by atoms with E-state index in [-0.39, 0.29) is 6.04 Å². The molecule has 11 rings (SSSR count). The fraction of sp³-hybridized carbons (Fsp3) is 0.0851. The van der Waals surface area contributed by atoms with Crippen LogP contribution in [0.1, 0.15) is 13.3 Å². The molecule has 3 heterocycles. The molecule has 2 aliphatic carbocycles. The molecule has 0 saturated carbocycles. The SMILES string of the molecule is CC1C=CC=C(C2=C(n3c4ccccc4c4cc5c6ccc7ccccc7c6n(-c6ccc7ccccc7c6)c5cc43)NC3C=CC=CC3=N2)C1. The average Bonchev–Trinajstić information content (AvgIpc) is 3.68. The number of para-hydroxylation sites is 1. The Morgan fingerprint density at radius 1 is 0.608 bits per heavy atom. The largest absolute Gasteiger partial charge is 0.357 e. The standard InChI is InChI=1S/C47H34N4/c1-29-11-10-15-33(25-29)45-47(49-41-19-8-7-18-40(41)48-45)51-42-20-9-6-17-36(42)38-27-39-37-24-22-31-13-4-5-16-35(31)46(37)50(43(39)28-44(38)51)34-23-21-30-12-2-3-14-32(30)26-34/h2-24,26-29,41,49H,25H2,1H3. The molecule has 0 fully saturated rings. The van der Waals surface area contributed by atoms with Crippen LogP contribution in [-0.4, -0.2) is 20.9 Å². The second-order valence-electron chi connectivity index (χ2n) is 14.1. The molecule has 0 bridgehead atoms. The van der Waals surface area contributed by atoms with Gasteiger partial charge in [0, 0.05) is 32.6 Å². The molecule has 242 valence electrons. The first kappa shape index (κ1) is 28.4. The maximum absolute atomic E-state index is 5.41. The number of rotatable bonds is 3. The third kappa shape index (κ3) is 4.23. The molecule has 2 atom stereocenters. The number of allylic oxidation sites excluding steroid dienone is 6. The highest BCUT2D eigenvalue weighted by molar-refractivity contribution is 6.23. The first-order chi connectivity index (χ1) is 25.2. The van der Waals surface area contributed by atoms with Gasteiger partial charge in [0.2, 0.25) is 0 Å². The van der Waals surface area contributed by atoms with Gasteiger partial charge in [0.25, 0.3) is 0 Å². The molecule has 0 spiro atoms. The topological polar surface area (TPSA) is 34.2 Å². The molecule has 0 radical (unpaired) electrons. The molecule has 2 unspecified atom stereocenters. The van der Waals surface area contributed by atoms with Gasteiger partial charge in [-0.2, -0.15) is 0 Å². The van der Waals surface area contributed by atoms with Gasteiger partial charge in [0.15, 0.2) is 0 Å². The van der Waals surface area contributed by atoms with Gasteiger partial charge in [0.05, 0.1) is 33.8 Å². The lowest BCUT2D eigenvalue weighted by molar-refractivity contribution is 0.704. The predicted molar refractivity (Wildman–Crippen MR) is 216 cm³/mol. The zero-order valence-electron chi connectivity index (χ0n) is 28.2. The van der Waals surface area contributed by atoms with Gasteiger partial charge in [-0.25, -0.2) is 4.99 Å². The molecule has 8 aromatic rings. The lowest BCUT2D eigenvalue weighted by Gasteiger charge is -2.30. The zero-order valence-corrected chi connectivity index (χ0v) is 28.2. The van der Waals surface area contributed by atoms with Crippen LogP contribution in [0.2, 0.25) is 0 Å². The number of nitrogens with one attached hydrogen (secondary N) is 1. The van der Waals surface area contributed by atoms with Gasteiger partial charge >= 0.3 is 0 Å². The maximum Gasteiger partial charge on any atom is 0.138 e. The number of aliphatic imine (C=N–C) groups is 1. The summed E-state index contributed by atoms with van der Waals surface area (Å²) in [6, 6.07) is 42.6. The van der Waals surface area contributed by atoms with E-state index in [9.17, 15) is 0 Å². The fourth-order valence-electron chi connectivity index (χ4n) is 8.64. The van der Waals surface area contributed by atoms with Gasteiger partial charge in [-0.3, -0.25) is 4.57 Å². The Bertz CT molecular complexity index is 2990. The van der Waals surface area contributed by atoms with Crippen LogP contribution >= 0.6 is 0 Å². The highest BCUT2D eigenvalue weighted by Crippen LogP contribution is 2.43. The fourth-order valence-corrected chi connectivity index (χ4v) is 8.64. The first-order valence-electron chi connectivity index (χ1n) is 17.9. The van der Waals surface area contributed by atoms with E-state index in [2.05, 4.69) is 179 Å². The summed E-state index contributed by atoms with van der Waals surface area (Å²) in [5.41, 5.74) is 9.22. The van der Waals surface area contributed by atoms with Crippen LogP contribution in [0.25, 0.3) is 76.7 Å². The normalized spacial score (nSPS) is 18.7. The van der Waals surface area contributed by atoms with Crippen LogP contribution in [0.15, 0.2) is 174 Å². The summed E-state index contributed by atoms with van der Waals surface area (Å²) in [7, 11) is 0. The lowest BCUT2D eigenvalue weighted by atomic mass is 9.92. The number of hydrogen-bond donors (Lipinski definition) is 1. The molecule has 3 aliphatic rings. The summed E-state index contributed by atoms with van der Waals surface area (Å²) < 4.78 is 4.93. The summed E-state index contributed by atoms with van der Waals surface area (Å²) in [6.45, 7) is 2.28. The van der Waals surface area contributed by atoms with Gasteiger partial charge < -0.3 is 9.88 Å². The van der Waals surface area contributed by atoms with E-state index >= 15 is 0 Å². The monoisotopic (exact) mass is 654 g/mol. The minimum atomic E-state index is 0.00117. The first-order valence-corrected chi connectivity index (χ1v) is 17.9. The highest BCUT2D eigenvalue weighted by Gasteiger charge is 2.29. The van der Waals surface area contributed by atoms with Gasteiger partial charge in [-0.05, 0) is 70.5 Å². The smallest absolute Gasteiger partial charge is 0.138 e. The predicted octanol–water partition coefficient (Wildman–Crippen LogP) is 11.4. The molecule has 1 aliphatic heterocycles. The summed E-state index contributed by atoms with van der Waals surface area (Å²) in [5.74, 6) is 1.48. The summed E-state index contributed by atoms with van der Waals surface area (Å²) >= 11 is 0. The van der Waals surface area contributed by atoms with Crippen molar-refractivity contribution in [1.29, 1.82) is 0 Å². The number of hydrogen-bond acceptors (Lipinski definition) is 2. The Morgan fingerprint density at radius 2 is 1.37 bits per heavy atom. The van der Waals surface area contributed by atoms with Crippen molar-refractivity contribution in [2.45, 2.75) is 19.4 Å². The highest BCUT2D eigenvalue weighted by atomic mass is 15.2. The summed E-state index contributed by atoms with van der Waals surface area (Å²) in [6.07, 6.45) is 16.2. The Hall–Kier alpha value is -6.39. The van der Waals surface area contributed by atoms with E-state index in [0.717, 1.165) is 34.9 Å². The van der Waals surface area contributed by atoms with Crippen molar-refractivity contribution in [2.75, 3.05) is 0 Å². The zero-order chi connectivity index (χ0) is 33.6. The van der Waals surface area contributed by atoms with Crippen molar-refractivity contribution in [1.82, 2.24) is 14.5 Å². The molecule has 4 nitrogen and oxygen atoms in total. The van der Waals surface area contributed by atoms with E-state index < -0.39 is 0 Å². The Kier molecular flexibility index (Phi) is 6.03. The molecule has 6 aromatic carbocycles. The molecular weight excluding hydrogens is 621 g/mol. The third-order valence-electron chi connectivity index (χ3n) is 11.0. The third-order valence-corrected chi connectivity index (χ3v) is 11.0. The second-order valence-corrected chi connectivity index (χ2v) is 14.1. The molecule has 1 N–H and O–H groups in total. The van der Waals surface area contributed by atoms with E-state index in [4.69, 9.17) is 4.99 Å². The lowest BCUT2D eigenvalue weighted by Crippen LogP contribution is -2.39. The van der Waals surface area contributed by atoms with Crippen molar-refractivity contribution in [3.05, 3.63) is 169 Å². The van der Waals surface area contributed by atoms with E-state index in [1.54, 1.807) is 0 Å². The van der Waals surface area contributed by atoms with Crippen LogP contribution in [0, 0.1) is 5.92 Å². The Morgan fingerprint density at radius 3 is 2.27 bits per heavy atom. The molecule has 0 amide bonds. The number of benzene rings is 6. The van der Waals surface area contributed by atoms with Crippen molar-refractivity contribution in [3.8, 4) is 5.69 Å². The number of nitrogens with zero attached hydrogens (tertiary/aromatic N) is 3. The Labute approximate surface area is 295 Å². The van der Waals surface area contributed by atoms with Crippen molar-refractivity contribution >= 4 is 76.7 Å². The van der Waals surface area contributed by atoms with Crippen LogP contribution in [0.3, 0.4) is 0 Å². The van der Waals surface area contributed by atoms with Gasteiger partial charge in [0.1, 0.15) is 11.5 Å².